The van der Waals surface area contributed by atoms with Crippen LogP contribution < -0.4 is 10.6 Å². The summed E-state index contributed by atoms with van der Waals surface area (Å²) in [6.45, 7) is 0. The number of hydrogen-bond donors (Lipinski definition) is 3. The van der Waals surface area contributed by atoms with E-state index in [2.05, 4.69) is 43.7 Å². The number of anilines is 1. The summed E-state index contributed by atoms with van der Waals surface area (Å²) in [5.74, 6) is 0.368. The fraction of sp³-hybridized carbons (Fsp3) is 0. The monoisotopic (exact) mass is 276 g/mol. The van der Waals surface area contributed by atoms with Crippen LogP contribution in [0.4, 0.5) is 10.6 Å². The van der Waals surface area contributed by atoms with Gasteiger partial charge in [0.1, 0.15) is 4.60 Å². The van der Waals surface area contributed by atoms with Crippen LogP contribution in [0.25, 0.3) is 0 Å². The van der Waals surface area contributed by atoms with Crippen molar-refractivity contribution >= 4 is 45.2 Å². The van der Waals surface area contributed by atoms with Gasteiger partial charge in [0.25, 0.3) is 0 Å². The summed E-state index contributed by atoms with van der Waals surface area (Å²) in [5, 5.41) is 20.2. The van der Waals surface area contributed by atoms with Crippen molar-refractivity contribution in [2.75, 3.05) is 5.32 Å². The molecule has 0 spiro atoms. The molecule has 0 fully saturated rings. The fourth-order valence-electron chi connectivity index (χ4n) is 0.627. The van der Waals surface area contributed by atoms with Crippen LogP contribution in [0.2, 0.25) is 0 Å². The Morgan fingerprint density at radius 2 is 2.21 bits per heavy atom. The number of hydrogen-bond acceptors (Lipinski definition) is 4. The number of nitrogens with zero attached hydrogens (tertiary/aromatic N) is 2. The Morgan fingerprint density at radius 1 is 1.50 bits per heavy atom. The van der Waals surface area contributed by atoms with Gasteiger partial charge < -0.3 is 10.4 Å². The molecule has 0 unspecified atom stereocenters. The van der Waals surface area contributed by atoms with Gasteiger partial charge in [-0.15, -0.1) is 10.2 Å². The van der Waals surface area contributed by atoms with Crippen molar-refractivity contribution in [2.24, 2.45) is 0 Å². The fourth-order valence-corrected chi connectivity index (χ4v) is 1.03. The molecule has 0 saturated carbocycles. The van der Waals surface area contributed by atoms with Crippen LogP contribution in [-0.2, 0) is 0 Å². The Labute approximate surface area is 92.9 Å². The summed E-state index contributed by atoms with van der Waals surface area (Å²) in [5.41, 5.74) is 0. The molecule has 1 aromatic heterocycles. The first-order chi connectivity index (χ1) is 6.58. The largest absolute Gasteiger partial charge is 0.465 e. The van der Waals surface area contributed by atoms with Crippen LogP contribution >= 0.6 is 28.1 Å². The van der Waals surface area contributed by atoms with E-state index in [1.807, 2.05) is 5.32 Å². The SMILES string of the molecule is O=C(O)NC(=S)Nc1ccc(Br)nn1. The van der Waals surface area contributed by atoms with Crippen LogP contribution in [0, 0.1) is 0 Å². The lowest BCUT2D eigenvalue weighted by molar-refractivity contribution is 0.200. The van der Waals surface area contributed by atoms with E-state index < -0.39 is 6.09 Å². The van der Waals surface area contributed by atoms with Gasteiger partial charge >= 0.3 is 6.09 Å². The highest BCUT2D eigenvalue weighted by atomic mass is 79.9. The Balaban J connectivity index is 2.56. The van der Waals surface area contributed by atoms with Crippen LogP contribution in [0.1, 0.15) is 0 Å². The van der Waals surface area contributed by atoms with Gasteiger partial charge in [-0.2, -0.15) is 0 Å². The molecule has 74 valence electrons. The van der Waals surface area contributed by atoms with Crippen molar-refractivity contribution in [3.05, 3.63) is 16.7 Å². The molecular formula is C6H5BrN4O2S. The van der Waals surface area contributed by atoms with Gasteiger partial charge in [0, 0.05) is 0 Å². The van der Waals surface area contributed by atoms with Crippen LogP contribution in [0.15, 0.2) is 16.7 Å². The molecule has 0 aliphatic heterocycles. The zero-order chi connectivity index (χ0) is 10.6. The summed E-state index contributed by atoms with van der Waals surface area (Å²) in [6.07, 6.45) is -1.23. The summed E-state index contributed by atoms with van der Waals surface area (Å²) >= 11 is 7.77. The predicted octanol–water partition coefficient (Wildman–Crippen LogP) is 1.20. The highest BCUT2D eigenvalue weighted by Crippen LogP contribution is 2.06. The van der Waals surface area contributed by atoms with Crippen molar-refractivity contribution in [1.82, 2.24) is 15.5 Å². The van der Waals surface area contributed by atoms with Gasteiger partial charge in [0.05, 0.1) is 0 Å². The quantitative estimate of drug-likeness (QED) is 0.669. The van der Waals surface area contributed by atoms with Gasteiger partial charge in [-0.25, -0.2) is 4.79 Å². The number of carbonyl (C=O) groups is 1. The smallest absolute Gasteiger partial charge is 0.410 e. The third-order valence-electron chi connectivity index (χ3n) is 1.09. The van der Waals surface area contributed by atoms with Crippen molar-refractivity contribution in [2.45, 2.75) is 0 Å². The summed E-state index contributed by atoms with van der Waals surface area (Å²) < 4.78 is 0.583. The van der Waals surface area contributed by atoms with Crippen LogP contribution in [0.3, 0.4) is 0 Å². The molecule has 6 nitrogen and oxygen atoms in total. The number of amides is 1. The first kappa shape index (κ1) is 10.8. The van der Waals surface area contributed by atoms with E-state index in [4.69, 9.17) is 5.11 Å². The van der Waals surface area contributed by atoms with E-state index >= 15 is 0 Å². The lowest BCUT2D eigenvalue weighted by atomic mass is 10.5. The van der Waals surface area contributed by atoms with E-state index in [1.165, 1.54) is 0 Å². The van der Waals surface area contributed by atoms with Crippen molar-refractivity contribution < 1.29 is 9.90 Å². The molecule has 1 rings (SSSR count). The number of aromatic nitrogens is 2. The van der Waals surface area contributed by atoms with E-state index in [9.17, 15) is 4.79 Å². The summed E-state index contributed by atoms with van der Waals surface area (Å²) in [4.78, 5) is 10.2. The number of thiocarbonyl (C=S) groups is 1. The van der Waals surface area contributed by atoms with Crippen molar-refractivity contribution in [1.29, 1.82) is 0 Å². The molecule has 1 heterocycles. The number of nitrogens with one attached hydrogen (secondary N) is 2. The normalized spacial score (nSPS) is 9.21. The maximum Gasteiger partial charge on any atom is 0.410 e. The van der Waals surface area contributed by atoms with Crippen LogP contribution in [0.5, 0.6) is 0 Å². The van der Waals surface area contributed by atoms with E-state index in [0.717, 1.165) is 0 Å². The highest BCUT2D eigenvalue weighted by Gasteiger charge is 2.02. The summed E-state index contributed by atoms with van der Waals surface area (Å²) in [6, 6.07) is 3.26. The molecule has 0 aliphatic carbocycles. The van der Waals surface area contributed by atoms with Gasteiger partial charge in [0.2, 0.25) is 0 Å². The third-order valence-corrected chi connectivity index (χ3v) is 1.72. The highest BCUT2D eigenvalue weighted by molar-refractivity contribution is 9.10. The first-order valence-electron chi connectivity index (χ1n) is 3.38. The number of rotatable bonds is 1. The average Bonchev–Trinajstić information content (AvgIpc) is 2.07. The minimum absolute atomic E-state index is 0.0471. The molecule has 1 amide bonds. The second kappa shape index (κ2) is 4.82. The second-order valence-corrected chi connectivity index (χ2v) is 3.35. The van der Waals surface area contributed by atoms with E-state index in [-0.39, 0.29) is 5.11 Å². The summed E-state index contributed by atoms with van der Waals surface area (Å²) in [7, 11) is 0. The zero-order valence-corrected chi connectivity index (χ0v) is 9.09. The molecule has 3 N–H and O–H groups in total. The zero-order valence-electron chi connectivity index (χ0n) is 6.69. The molecule has 8 heteroatoms. The Morgan fingerprint density at radius 3 is 2.71 bits per heavy atom. The molecule has 0 aliphatic rings. The third kappa shape index (κ3) is 3.62. The van der Waals surface area contributed by atoms with Crippen molar-refractivity contribution in [3.63, 3.8) is 0 Å². The molecule has 0 bridgehead atoms. The van der Waals surface area contributed by atoms with Gasteiger partial charge in [0.15, 0.2) is 10.9 Å². The van der Waals surface area contributed by atoms with Gasteiger partial charge in [-0.1, -0.05) is 0 Å². The topological polar surface area (TPSA) is 87.1 Å². The molecule has 1 aromatic rings. The van der Waals surface area contributed by atoms with Crippen LogP contribution in [-0.4, -0.2) is 26.5 Å². The minimum Gasteiger partial charge on any atom is -0.465 e. The molecule has 0 radical (unpaired) electrons. The van der Waals surface area contributed by atoms with Gasteiger partial charge in [-0.3, -0.25) is 5.32 Å². The average molecular weight is 277 g/mol. The van der Waals surface area contributed by atoms with Gasteiger partial charge in [-0.05, 0) is 40.3 Å². The lowest BCUT2D eigenvalue weighted by Crippen LogP contribution is -2.33. The first-order valence-corrected chi connectivity index (χ1v) is 4.58. The minimum atomic E-state index is -1.23. The Hall–Kier alpha value is -1.28. The molecular weight excluding hydrogens is 272 g/mol. The molecule has 0 saturated heterocycles. The Kier molecular flexibility index (Phi) is 3.72. The number of halogens is 1. The maximum absolute atomic E-state index is 10.2. The maximum atomic E-state index is 10.2. The molecule has 14 heavy (non-hydrogen) atoms. The number of carboxylic acid groups (broad SMARTS) is 1. The van der Waals surface area contributed by atoms with E-state index in [1.54, 1.807) is 12.1 Å². The standard InChI is InChI=1S/C6H5BrN4O2S/c7-3-1-2-4(11-10-3)8-5(14)9-6(12)13/h1-2H,(H,12,13)(H2,8,9,11,14). The van der Waals surface area contributed by atoms with Crippen molar-refractivity contribution in [3.8, 4) is 0 Å². The molecule has 0 aromatic carbocycles. The predicted molar refractivity (Wildman–Crippen MR) is 57.1 cm³/mol. The second-order valence-electron chi connectivity index (χ2n) is 2.13. The molecule has 0 atom stereocenters. The lowest BCUT2D eigenvalue weighted by Gasteiger charge is -2.04. The Bertz CT molecular complexity index is 355. The van der Waals surface area contributed by atoms with E-state index in [0.29, 0.717) is 10.4 Å².